The van der Waals surface area contributed by atoms with E-state index in [0.717, 1.165) is 0 Å². The van der Waals surface area contributed by atoms with Gasteiger partial charge in [-0.1, -0.05) is 24.3 Å². The molecule has 2 aromatic rings. The molecule has 8 heteroatoms. The number of rotatable bonds is 5. The molecule has 1 heterocycles. The van der Waals surface area contributed by atoms with Gasteiger partial charge in [-0.05, 0) is 55.0 Å². The quantitative estimate of drug-likeness (QED) is 0.458. The van der Waals surface area contributed by atoms with Crippen LogP contribution in [0.1, 0.15) is 22.8 Å². The van der Waals surface area contributed by atoms with E-state index in [0.29, 0.717) is 17.9 Å². The molecule has 142 valence electrons. The molecule has 0 unspecified atom stereocenters. The zero-order chi connectivity index (χ0) is 20.3. The highest BCUT2D eigenvalue weighted by Crippen LogP contribution is 2.24. The van der Waals surface area contributed by atoms with Crippen LogP contribution in [-0.4, -0.2) is 34.6 Å². The summed E-state index contributed by atoms with van der Waals surface area (Å²) >= 11 is 5.13. The maximum Gasteiger partial charge on any atom is 0.339 e. The van der Waals surface area contributed by atoms with Crippen LogP contribution in [0.15, 0.2) is 54.1 Å². The third-order valence-corrected chi connectivity index (χ3v) is 4.25. The summed E-state index contributed by atoms with van der Waals surface area (Å²) in [5.41, 5.74) is 0.676. The zero-order valence-corrected chi connectivity index (χ0v) is 15.7. The summed E-state index contributed by atoms with van der Waals surface area (Å²) in [6.45, 7) is 2.05. The van der Waals surface area contributed by atoms with Crippen molar-refractivity contribution in [1.29, 1.82) is 0 Å². The molecule has 1 saturated heterocycles. The van der Waals surface area contributed by atoms with Crippen molar-refractivity contribution in [1.82, 2.24) is 5.32 Å². The number of carbonyl (C=O) groups excluding carboxylic acids is 2. The number of aromatic carboxylic acids is 1. The predicted octanol–water partition coefficient (Wildman–Crippen LogP) is 2.61. The second kappa shape index (κ2) is 8.01. The molecule has 0 saturated carbocycles. The molecule has 0 spiro atoms. The minimum Gasteiger partial charge on any atom is -0.493 e. The van der Waals surface area contributed by atoms with Crippen molar-refractivity contribution in [3.63, 3.8) is 0 Å². The van der Waals surface area contributed by atoms with Gasteiger partial charge < -0.3 is 9.84 Å². The number of hydrogen-bond donors (Lipinski definition) is 2. The molecule has 0 bridgehead atoms. The molecule has 1 aliphatic heterocycles. The first-order valence-electron chi connectivity index (χ1n) is 8.39. The van der Waals surface area contributed by atoms with Gasteiger partial charge in [-0.25, -0.2) is 4.79 Å². The van der Waals surface area contributed by atoms with Crippen LogP contribution in [0.25, 0.3) is 6.08 Å². The molecule has 7 nitrogen and oxygen atoms in total. The minimum absolute atomic E-state index is 0.0173. The van der Waals surface area contributed by atoms with Gasteiger partial charge in [0.1, 0.15) is 16.9 Å². The maximum atomic E-state index is 12.9. The Labute approximate surface area is 166 Å². The van der Waals surface area contributed by atoms with E-state index in [1.54, 1.807) is 43.3 Å². The van der Waals surface area contributed by atoms with Gasteiger partial charge in [0.25, 0.3) is 11.8 Å². The van der Waals surface area contributed by atoms with Crippen LogP contribution in [0.3, 0.4) is 0 Å². The summed E-state index contributed by atoms with van der Waals surface area (Å²) in [4.78, 5) is 37.9. The average Bonchev–Trinajstić information content (AvgIpc) is 2.67. The van der Waals surface area contributed by atoms with Gasteiger partial charge in [0.2, 0.25) is 0 Å². The molecule has 2 amide bonds. The highest BCUT2D eigenvalue weighted by atomic mass is 32.1. The van der Waals surface area contributed by atoms with Crippen molar-refractivity contribution in [2.24, 2.45) is 0 Å². The number of nitrogens with one attached hydrogen (secondary N) is 1. The van der Waals surface area contributed by atoms with E-state index in [1.165, 1.54) is 23.1 Å². The molecule has 28 heavy (non-hydrogen) atoms. The second-order valence-electron chi connectivity index (χ2n) is 5.79. The zero-order valence-electron chi connectivity index (χ0n) is 14.8. The van der Waals surface area contributed by atoms with Crippen LogP contribution < -0.4 is 15.0 Å². The molecule has 2 N–H and O–H groups in total. The highest BCUT2D eigenvalue weighted by Gasteiger charge is 2.34. The van der Waals surface area contributed by atoms with Crippen LogP contribution >= 0.6 is 12.2 Å². The number of carboxylic acids is 1. The summed E-state index contributed by atoms with van der Waals surface area (Å²) in [5.74, 6) is -2.20. The number of benzene rings is 2. The normalized spacial score (nSPS) is 15.5. The van der Waals surface area contributed by atoms with E-state index in [2.05, 4.69) is 5.32 Å². The van der Waals surface area contributed by atoms with Gasteiger partial charge in [-0.15, -0.1) is 0 Å². The molecule has 1 aliphatic rings. The Balaban J connectivity index is 2.02. The SMILES string of the molecule is CCOc1ccc(/C=C2/C(=O)NC(=S)N(c3ccccc3)C2=O)cc1C(=O)O. The topological polar surface area (TPSA) is 95.9 Å². The summed E-state index contributed by atoms with van der Waals surface area (Å²) in [6, 6.07) is 13.1. The lowest BCUT2D eigenvalue weighted by atomic mass is 10.0. The number of hydrogen-bond acceptors (Lipinski definition) is 5. The highest BCUT2D eigenvalue weighted by molar-refractivity contribution is 7.80. The number of carbonyl (C=O) groups is 3. The Morgan fingerprint density at radius 3 is 2.57 bits per heavy atom. The molecule has 3 rings (SSSR count). The first kappa shape index (κ1) is 19.2. The van der Waals surface area contributed by atoms with Gasteiger partial charge in [0.15, 0.2) is 5.11 Å². The number of carboxylic acid groups (broad SMARTS) is 1. The van der Waals surface area contributed by atoms with E-state index in [1.807, 2.05) is 0 Å². The van der Waals surface area contributed by atoms with Gasteiger partial charge in [-0.3, -0.25) is 19.8 Å². The van der Waals surface area contributed by atoms with Crippen molar-refractivity contribution >= 4 is 46.9 Å². The van der Waals surface area contributed by atoms with Crippen LogP contribution in [0.4, 0.5) is 5.69 Å². The molecule has 0 atom stereocenters. The smallest absolute Gasteiger partial charge is 0.339 e. The van der Waals surface area contributed by atoms with Crippen LogP contribution in [0, 0.1) is 0 Å². The average molecular weight is 396 g/mol. The van der Waals surface area contributed by atoms with Crippen LogP contribution in [-0.2, 0) is 9.59 Å². The third-order valence-electron chi connectivity index (χ3n) is 3.96. The molecular weight excluding hydrogens is 380 g/mol. The van der Waals surface area contributed by atoms with Crippen molar-refractivity contribution in [2.45, 2.75) is 6.92 Å². The fourth-order valence-corrected chi connectivity index (χ4v) is 3.00. The standard InChI is InChI=1S/C20H16N2O5S/c1-2-27-16-9-8-12(10-14(16)19(25)26)11-15-17(23)21-20(28)22(18(15)24)13-6-4-3-5-7-13/h3-11H,2H2,1H3,(H,25,26)(H,21,23,28)/b15-11-. The van der Waals surface area contributed by atoms with Crippen molar-refractivity contribution in [3.8, 4) is 5.75 Å². The second-order valence-corrected chi connectivity index (χ2v) is 6.17. The lowest BCUT2D eigenvalue weighted by molar-refractivity contribution is -0.122. The van der Waals surface area contributed by atoms with Crippen molar-refractivity contribution in [2.75, 3.05) is 11.5 Å². The number of thiocarbonyl (C=S) groups is 1. The lowest BCUT2D eigenvalue weighted by Crippen LogP contribution is -2.54. The fraction of sp³-hybridized carbons (Fsp3) is 0.100. The third kappa shape index (κ3) is 3.77. The summed E-state index contributed by atoms with van der Waals surface area (Å²) < 4.78 is 5.30. The van der Waals surface area contributed by atoms with Crippen molar-refractivity contribution < 1.29 is 24.2 Å². The lowest BCUT2D eigenvalue weighted by Gasteiger charge is -2.28. The molecule has 1 fully saturated rings. The van der Waals surface area contributed by atoms with Gasteiger partial charge in [0, 0.05) is 0 Å². The summed E-state index contributed by atoms with van der Waals surface area (Å²) in [7, 11) is 0. The van der Waals surface area contributed by atoms with E-state index >= 15 is 0 Å². The molecule has 0 aliphatic carbocycles. The summed E-state index contributed by atoms with van der Waals surface area (Å²) in [5, 5.41) is 11.8. The van der Waals surface area contributed by atoms with E-state index in [4.69, 9.17) is 17.0 Å². The Morgan fingerprint density at radius 2 is 1.93 bits per heavy atom. The molecular formula is C20H16N2O5S. The maximum absolute atomic E-state index is 12.9. The number of ether oxygens (including phenoxy) is 1. The Morgan fingerprint density at radius 1 is 1.21 bits per heavy atom. The summed E-state index contributed by atoms with van der Waals surface area (Å²) in [6.07, 6.45) is 1.33. The van der Waals surface area contributed by atoms with Crippen LogP contribution in [0.2, 0.25) is 0 Å². The molecule has 0 radical (unpaired) electrons. The van der Waals surface area contributed by atoms with E-state index in [9.17, 15) is 19.5 Å². The molecule has 0 aromatic heterocycles. The number of amides is 2. The minimum atomic E-state index is -1.17. The predicted molar refractivity (Wildman–Crippen MR) is 107 cm³/mol. The number of nitrogens with zero attached hydrogens (tertiary/aromatic N) is 1. The van der Waals surface area contributed by atoms with Crippen LogP contribution in [0.5, 0.6) is 5.75 Å². The van der Waals surface area contributed by atoms with Gasteiger partial charge in [-0.2, -0.15) is 0 Å². The van der Waals surface area contributed by atoms with E-state index < -0.39 is 17.8 Å². The monoisotopic (exact) mass is 396 g/mol. The number of anilines is 1. The van der Waals surface area contributed by atoms with Gasteiger partial charge >= 0.3 is 5.97 Å². The van der Waals surface area contributed by atoms with Crippen molar-refractivity contribution in [3.05, 3.63) is 65.2 Å². The first-order valence-corrected chi connectivity index (χ1v) is 8.80. The van der Waals surface area contributed by atoms with E-state index in [-0.39, 0.29) is 22.0 Å². The molecule has 2 aromatic carbocycles. The largest absolute Gasteiger partial charge is 0.493 e. The fourth-order valence-electron chi connectivity index (χ4n) is 2.72. The van der Waals surface area contributed by atoms with Gasteiger partial charge in [0.05, 0.1) is 12.3 Å². The Hall–Kier alpha value is -3.52. The number of para-hydroxylation sites is 1. The first-order chi connectivity index (χ1) is 13.4. The Kier molecular flexibility index (Phi) is 5.51. The Bertz CT molecular complexity index is 1000.